The Morgan fingerprint density at radius 3 is 2.75 bits per heavy atom. The van der Waals surface area contributed by atoms with E-state index in [2.05, 4.69) is 27.8 Å². The van der Waals surface area contributed by atoms with Crippen LogP contribution in [0.1, 0.15) is 12.5 Å². The van der Waals surface area contributed by atoms with Gasteiger partial charge in [-0.3, -0.25) is 4.90 Å². The fraction of sp³-hybridized carbons (Fsp3) is 0.500. The zero-order chi connectivity index (χ0) is 12.0. The summed E-state index contributed by atoms with van der Waals surface area (Å²) in [7, 11) is 1.69. The van der Waals surface area contributed by atoms with Crippen molar-refractivity contribution in [3.8, 4) is 5.75 Å². The van der Waals surface area contributed by atoms with Crippen LogP contribution in [0.5, 0.6) is 5.75 Å². The molecule has 1 aromatic carbocycles. The molecule has 0 aliphatic rings. The van der Waals surface area contributed by atoms with Crippen LogP contribution in [0.25, 0.3) is 0 Å². The predicted molar refractivity (Wildman–Crippen MR) is 72.7 cm³/mol. The molecule has 0 aliphatic carbocycles. The summed E-state index contributed by atoms with van der Waals surface area (Å²) < 4.78 is 5.33. The summed E-state index contributed by atoms with van der Waals surface area (Å²) >= 11 is 9.45. The average molecular weight is 307 g/mol. The summed E-state index contributed by atoms with van der Waals surface area (Å²) in [5, 5.41) is 1.73. The summed E-state index contributed by atoms with van der Waals surface area (Å²) in [6.45, 7) is 5.05. The summed E-state index contributed by atoms with van der Waals surface area (Å²) in [6.07, 6.45) is 0. The molecule has 0 amide bonds. The zero-order valence-electron chi connectivity index (χ0n) is 9.67. The number of hydrogen-bond donors (Lipinski definition) is 0. The average Bonchev–Trinajstić information content (AvgIpc) is 2.29. The highest BCUT2D eigenvalue weighted by atomic mass is 79.9. The molecule has 0 bridgehead atoms. The third-order valence-electron chi connectivity index (χ3n) is 2.48. The molecule has 0 N–H and O–H groups in total. The second-order valence-electron chi connectivity index (χ2n) is 3.51. The lowest BCUT2D eigenvalue weighted by Gasteiger charge is -2.20. The first-order chi connectivity index (χ1) is 7.71. The number of alkyl halides is 1. The lowest BCUT2D eigenvalue weighted by molar-refractivity contribution is 0.292. The van der Waals surface area contributed by atoms with E-state index in [9.17, 15) is 0 Å². The maximum atomic E-state index is 5.99. The second-order valence-corrected chi connectivity index (χ2v) is 4.74. The molecule has 0 fully saturated rings. The van der Waals surface area contributed by atoms with E-state index in [1.807, 2.05) is 18.2 Å². The standard InChI is InChI=1S/C12H17BrClNO/c1-3-15(7-6-13)9-10-8-11(14)4-5-12(10)16-2/h4-5,8H,3,6-7,9H2,1-2H3. The largest absolute Gasteiger partial charge is 0.496 e. The second kappa shape index (κ2) is 7.15. The molecule has 16 heavy (non-hydrogen) atoms. The van der Waals surface area contributed by atoms with Gasteiger partial charge in [-0.2, -0.15) is 0 Å². The number of benzene rings is 1. The molecule has 0 heterocycles. The van der Waals surface area contributed by atoms with Crippen LogP contribution in [0.3, 0.4) is 0 Å². The number of nitrogens with zero attached hydrogens (tertiary/aromatic N) is 1. The van der Waals surface area contributed by atoms with E-state index in [4.69, 9.17) is 16.3 Å². The van der Waals surface area contributed by atoms with Gasteiger partial charge in [0.1, 0.15) is 5.75 Å². The Kier molecular flexibility index (Phi) is 6.17. The Morgan fingerprint density at radius 1 is 1.44 bits per heavy atom. The summed E-state index contributed by atoms with van der Waals surface area (Å²) in [4.78, 5) is 2.34. The van der Waals surface area contributed by atoms with Crippen LogP contribution >= 0.6 is 27.5 Å². The maximum Gasteiger partial charge on any atom is 0.123 e. The van der Waals surface area contributed by atoms with E-state index < -0.39 is 0 Å². The number of methoxy groups -OCH3 is 1. The van der Waals surface area contributed by atoms with Gasteiger partial charge in [-0.05, 0) is 24.7 Å². The van der Waals surface area contributed by atoms with Crippen molar-refractivity contribution in [2.45, 2.75) is 13.5 Å². The zero-order valence-corrected chi connectivity index (χ0v) is 12.0. The Balaban J connectivity index is 2.80. The van der Waals surface area contributed by atoms with E-state index in [1.165, 1.54) is 0 Å². The molecular weight excluding hydrogens is 289 g/mol. The number of hydrogen-bond acceptors (Lipinski definition) is 2. The fourth-order valence-corrected chi connectivity index (χ4v) is 2.28. The molecule has 0 spiro atoms. The van der Waals surface area contributed by atoms with Crippen molar-refractivity contribution in [1.29, 1.82) is 0 Å². The van der Waals surface area contributed by atoms with Crippen LogP contribution < -0.4 is 4.74 Å². The first-order valence-corrected chi connectivity index (χ1v) is 6.82. The van der Waals surface area contributed by atoms with Crippen molar-refractivity contribution in [2.24, 2.45) is 0 Å². The van der Waals surface area contributed by atoms with Gasteiger partial charge < -0.3 is 4.74 Å². The van der Waals surface area contributed by atoms with Gasteiger partial charge in [0.2, 0.25) is 0 Å². The minimum Gasteiger partial charge on any atom is -0.496 e. The minimum absolute atomic E-state index is 0.755. The molecule has 2 nitrogen and oxygen atoms in total. The highest BCUT2D eigenvalue weighted by molar-refractivity contribution is 9.09. The molecule has 90 valence electrons. The number of rotatable bonds is 6. The van der Waals surface area contributed by atoms with Gasteiger partial charge in [0.15, 0.2) is 0 Å². The van der Waals surface area contributed by atoms with E-state index in [0.29, 0.717) is 0 Å². The van der Waals surface area contributed by atoms with Crippen molar-refractivity contribution < 1.29 is 4.74 Å². The number of ether oxygens (including phenoxy) is 1. The molecule has 1 aromatic rings. The van der Waals surface area contributed by atoms with Crippen molar-refractivity contribution in [3.05, 3.63) is 28.8 Å². The van der Waals surface area contributed by atoms with E-state index in [0.717, 1.165) is 41.3 Å². The molecule has 0 atom stereocenters. The van der Waals surface area contributed by atoms with Gasteiger partial charge in [0.25, 0.3) is 0 Å². The Morgan fingerprint density at radius 2 is 2.19 bits per heavy atom. The quantitative estimate of drug-likeness (QED) is 0.745. The van der Waals surface area contributed by atoms with Crippen LogP contribution in [-0.4, -0.2) is 30.4 Å². The van der Waals surface area contributed by atoms with Crippen LogP contribution in [0.2, 0.25) is 5.02 Å². The molecule has 0 saturated heterocycles. The third-order valence-corrected chi connectivity index (χ3v) is 3.07. The molecule has 0 saturated carbocycles. The van der Waals surface area contributed by atoms with E-state index in [1.54, 1.807) is 7.11 Å². The van der Waals surface area contributed by atoms with Crippen molar-refractivity contribution >= 4 is 27.5 Å². The topological polar surface area (TPSA) is 12.5 Å². The Bertz CT molecular complexity index is 333. The van der Waals surface area contributed by atoms with Gasteiger partial charge >= 0.3 is 0 Å². The van der Waals surface area contributed by atoms with Gasteiger partial charge in [0.05, 0.1) is 7.11 Å². The molecule has 0 radical (unpaired) electrons. The summed E-state index contributed by atoms with van der Waals surface area (Å²) in [5.74, 6) is 0.900. The Labute approximate surface area is 111 Å². The van der Waals surface area contributed by atoms with Crippen LogP contribution in [0.15, 0.2) is 18.2 Å². The van der Waals surface area contributed by atoms with Crippen LogP contribution in [0, 0.1) is 0 Å². The predicted octanol–water partition coefficient (Wildman–Crippen LogP) is 3.57. The monoisotopic (exact) mass is 305 g/mol. The molecule has 4 heteroatoms. The smallest absolute Gasteiger partial charge is 0.123 e. The van der Waals surface area contributed by atoms with Crippen LogP contribution in [-0.2, 0) is 6.54 Å². The Hall–Kier alpha value is -0.250. The summed E-state index contributed by atoms with van der Waals surface area (Å²) in [6, 6.07) is 5.74. The van der Waals surface area contributed by atoms with E-state index >= 15 is 0 Å². The fourth-order valence-electron chi connectivity index (χ4n) is 1.58. The molecule has 1 rings (SSSR count). The van der Waals surface area contributed by atoms with Crippen molar-refractivity contribution in [1.82, 2.24) is 4.90 Å². The van der Waals surface area contributed by atoms with Gasteiger partial charge in [0, 0.05) is 29.0 Å². The molecule has 0 aliphatic heterocycles. The lowest BCUT2D eigenvalue weighted by atomic mass is 10.2. The van der Waals surface area contributed by atoms with Crippen LogP contribution in [0.4, 0.5) is 0 Å². The first-order valence-electron chi connectivity index (χ1n) is 5.32. The summed E-state index contributed by atoms with van der Waals surface area (Å²) in [5.41, 5.74) is 1.14. The first kappa shape index (κ1) is 13.8. The van der Waals surface area contributed by atoms with Gasteiger partial charge in [-0.15, -0.1) is 0 Å². The minimum atomic E-state index is 0.755. The molecular formula is C12H17BrClNO. The SMILES string of the molecule is CCN(CCBr)Cc1cc(Cl)ccc1OC. The van der Waals surface area contributed by atoms with E-state index in [-0.39, 0.29) is 0 Å². The van der Waals surface area contributed by atoms with Gasteiger partial charge in [-0.25, -0.2) is 0 Å². The van der Waals surface area contributed by atoms with Crippen molar-refractivity contribution in [2.75, 3.05) is 25.5 Å². The normalized spacial score (nSPS) is 10.8. The molecule has 0 aromatic heterocycles. The highest BCUT2D eigenvalue weighted by Crippen LogP contribution is 2.23. The van der Waals surface area contributed by atoms with Crippen molar-refractivity contribution in [3.63, 3.8) is 0 Å². The number of halogens is 2. The lowest BCUT2D eigenvalue weighted by Crippen LogP contribution is -2.25. The highest BCUT2D eigenvalue weighted by Gasteiger charge is 2.08. The molecule has 0 unspecified atom stereocenters. The maximum absolute atomic E-state index is 5.99. The van der Waals surface area contributed by atoms with Gasteiger partial charge in [-0.1, -0.05) is 34.5 Å². The third kappa shape index (κ3) is 3.96.